The van der Waals surface area contributed by atoms with E-state index >= 15 is 0 Å². The average molecular weight is 282 g/mol. The Hall–Kier alpha value is -2.43. The van der Waals surface area contributed by atoms with Gasteiger partial charge in [-0.2, -0.15) is 0 Å². The van der Waals surface area contributed by atoms with Crippen molar-refractivity contribution in [2.24, 2.45) is 5.92 Å². The minimum Gasteiger partial charge on any atom is -0.324 e. The summed E-state index contributed by atoms with van der Waals surface area (Å²) in [5.74, 6) is 1.11. The van der Waals surface area contributed by atoms with Crippen LogP contribution in [0.4, 0.5) is 10.6 Å². The van der Waals surface area contributed by atoms with Crippen molar-refractivity contribution in [2.45, 2.75) is 12.8 Å². The van der Waals surface area contributed by atoms with E-state index in [9.17, 15) is 4.79 Å². The van der Waals surface area contributed by atoms with Gasteiger partial charge >= 0.3 is 6.03 Å². The highest BCUT2D eigenvalue weighted by molar-refractivity contribution is 5.88. The molecule has 108 valence electrons. The molecule has 0 bridgehead atoms. The maximum absolute atomic E-state index is 12.2. The largest absolute Gasteiger partial charge is 0.324 e. The summed E-state index contributed by atoms with van der Waals surface area (Å²) in [6.45, 7) is 1.59. The Balaban J connectivity index is 1.53. The first-order valence-electron chi connectivity index (χ1n) is 7.17. The molecule has 1 fully saturated rings. The van der Waals surface area contributed by atoms with Gasteiger partial charge in [-0.3, -0.25) is 10.3 Å². The summed E-state index contributed by atoms with van der Waals surface area (Å²) in [5, 5.41) is 2.83. The highest BCUT2D eigenvalue weighted by Gasteiger charge is 2.26. The Morgan fingerprint density at radius 2 is 2.10 bits per heavy atom. The molecule has 3 rings (SSSR count). The van der Waals surface area contributed by atoms with Crippen LogP contribution in [0.15, 0.2) is 48.9 Å². The number of hydrogen-bond donors (Lipinski definition) is 1. The molecular weight excluding hydrogens is 264 g/mol. The number of carbonyl (C=O) groups is 1. The van der Waals surface area contributed by atoms with E-state index < -0.39 is 0 Å². The lowest BCUT2D eigenvalue weighted by atomic mass is 10.00. The third kappa shape index (κ3) is 3.56. The van der Waals surface area contributed by atoms with Crippen molar-refractivity contribution in [2.75, 3.05) is 18.4 Å². The predicted octanol–water partition coefficient (Wildman–Crippen LogP) is 2.57. The number of likely N-dealkylation sites (tertiary alicyclic amines) is 1. The Morgan fingerprint density at radius 3 is 2.86 bits per heavy atom. The van der Waals surface area contributed by atoms with Crippen molar-refractivity contribution < 1.29 is 4.79 Å². The van der Waals surface area contributed by atoms with Crippen molar-refractivity contribution >= 4 is 11.8 Å². The van der Waals surface area contributed by atoms with Crippen LogP contribution in [0.2, 0.25) is 0 Å². The summed E-state index contributed by atoms with van der Waals surface area (Å²) < 4.78 is 0. The molecule has 0 spiro atoms. The van der Waals surface area contributed by atoms with Crippen LogP contribution in [0.3, 0.4) is 0 Å². The summed E-state index contributed by atoms with van der Waals surface area (Å²) in [7, 11) is 0. The first-order valence-corrected chi connectivity index (χ1v) is 7.17. The molecule has 1 saturated heterocycles. The number of nitrogens with one attached hydrogen (secondary N) is 1. The molecule has 3 heterocycles. The van der Waals surface area contributed by atoms with Gasteiger partial charge in [-0.15, -0.1) is 0 Å². The monoisotopic (exact) mass is 282 g/mol. The van der Waals surface area contributed by atoms with Gasteiger partial charge in [0, 0.05) is 31.7 Å². The molecule has 0 aliphatic carbocycles. The van der Waals surface area contributed by atoms with Gasteiger partial charge in [-0.25, -0.2) is 9.78 Å². The zero-order valence-corrected chi connectivity index (χ0v) is 11.8. The lowest BCUT2D eigenvalue weighted by Crippen LogP contribution is -2.33. The number of urea groups is 1. The molecule has 5 heteroatoms. The topological polar surface area (TPSA) is 58.1 Å². The summed E-state index contributed by atoms with van der Waals surface area (Å²) in [6, 6.07) is 9.50. The number of carbonyl (C=O) groups excluding carboxylic acids is 1. The number of pyridine rings is 2. The fourth-order valence-electron chi connectivity index (χ4n) is 2.66. The quantitative estimate of drug-likeness (QED) is 0.941. The predicted molar refractivity (Wildman–Crippen MR) is 80.9 cm³/mol. The Morgan fingerprint density at radius 1 is 1.24 bits per heavy atom. The first kappa shape index (κ1) is 13.5. The molecule has 1 unspecified atom stereocenters. The van der Waals surface area contributed by atoms with Crippen molar-refractivity contribution in [1.82, 2.24) is 14.9 Å². The smallest absolute Gasteiger partial charge is 0.323 e. The van der Waals surface area contributed by atoms with Gasteiger partial charge in [0.05, 0.1) is 0 Å². The van der Waals surface area contributed by atoms with Crippen molar-refractivity contribution in [1.29, 1.82) is 0 Å². The second-order valence-corrected chi connectivity index (χ2v) is 5.31. The van der Waals surface area contributed by atoms with Crippen LogP contribution in [-0.4, -0.2) is 34.0 Å². The Labute approximate surface area is 124 Å². The summed E-state index contributed by atoms with van der Waals surface area (Å²) >= 11 is 0. The van der Waals surface area contributed by atoms with Gasteiger partial charge in [0.25, 0.3) is 0 Å². The lowest BCUT2D eigenvalue weighted by Gasteiger charge is -2.17. The number of anilines is 1. The number of amides is 2. The van der Waals surface area contributed by atoms with Crippen LogP contribution in [0.25, 0.3) is 0 Å². The number of aromatic nitrogens is 2. The SMILES string of the molecule is O=C(Nc1ccccn1)N1CCC(Cc2ccncc2)C1. The molecule has 1 N–H and O–H groups in total. The molecule has 21 heavy (non-hydrogen) atoms. The van der Waals surface area contributed by atoms with Gasteiger partial charge in [0.15, 0.2) is 0 Å². The van der Waals surface area contributed by atoms with Crippen molar-refractivity contribution in [3.63, 3.8) is 0 Å². The molecule has 5 nitrogen and oxygen atoms in total. The van der Waals surface area contributed by atoms with Crippen LogP contribution < -0.4 is 5.32 Å². The van der Waals surface area contributed by atoms with E-state index in [0.717, 1.165) is 25.9 Å². The minimum absolute atomic E-state index is 0.0640. The highest BCUT2D eigenvalue weighted by atomic mass is 16.2. The zero-order chi connectivity index (χ0) is 14.5. The van der Waals surface area contributed by atoms with Gasteiger partial charge < -0.3 is 4.90 Å². The van der Waals surface area contributed by atoms with Crippen LogP contribution >= 0.6 is 0 Å². The van der Waals surface area contributed by atoms with Crippen LogP contribution in [0.1, 0.15) is 12.0 Å². The molecule has 1 aliphatic rings. The lowest BCUT2D eigenvalue weighted by molar-refractivity contribution is 0.220. The van der Waals surface area contributed by atoms with E-state index in [1.165, 1.54) is 5.56 Å². The second-order valence-electron chi connectivity index (χ2n) is 5.31. The molecule has 0 radical (unpaired) electrons. The third-order valence-corrected chi connectivity index (χ3v) is 3.75. The van der Waals surface area contributed by atoms with Gasteiger partial charge in [-0.1, -0.05) is 6.07 Å². The number of hydrogen-bond acceptors (Lipinski definition) is 3. The minimum atomic E-state index is -0.0640. The highest BCUT2D eigenvalue weighted by Crippen LogP contribution is 2.21. The normalized spacial score (nSPS) is 17.7. The van der Waals surface area contributed by atoms with Crippen LogP contribution in [-0.2, 0) is 6.42 Å². The molecule has 1 aliphatic heterocycles. The van der Waals surface area contributed by atoms with Crippen molar-refractivity contribution in [3.8, 4) is 0 Å². The van der Waals surface area contributed by atoms with E-state index in [2.05, 4.69) is 15.3 Å². The van der Waals surface area contributed by atoms with Gasteiger partial charge in [0.2, 0.25) is 0 Å². The fourth-order valence-corrected chi connectivity index (χ4v) is 2.66. The van der Waals surface area contributed by atoms with Gasteiger partial charge in [-0.05, 0) is 48.6 Å². The molecule has 0 aromatic carbocycles. The van der Waals surface area contributed by atoms with Crippen LogP contribution in [0.5, 0.6) is 0 Å². The van der Waals surface area contributed by atoms with E-state index in [4.69, 9.17) is 0 Å². The molecule has 2 aromatic heterocycles. The average Bonchev–Trinajstić information content (AvgIpc) is 2.98. The molecule has 2 aromatic rings. The standard InChI is InChI=1S/C16H18N4O/c21-16(19-15-3-1-2-7-18-15)20-10-6-14(12-20)11-13-4-8-17-9-5-13/h1-5,7-9,14H,6,10-12H2,(H,18,19,21). The van der Waals surface area contributed by atoms with Gasteiger partial charge in [0.1, 0.15) is 5.82 Å². The fraction of sp³-hybridized carbons (Fsp3) is 0.312. The number of nitrogens with zero attached hydrogens (tertiary/aromatic N) is 3. The van der Waals surface area contributed by atoms with Crippen LogP contribution in [0, 0.1) is 5.92 Å². The Kier molecular flexibility index (Phi) is 4.09. The third-order valence-electron chi connectivity index (χ3n) is 3.75. The van der Waals surface area contributed by atoms with E-state index in [1.54, 1.807) is 12.3 Å². The zero-order valence-electron chi connectivity index (χ0n) is 11.8. The molecule has 0 saturated carbocycles. The van der Waals surface area contributed by atoms with Crippen molar-refractivity contribution in [3.05, 3.63) is 54.5 Å². The second kappa shape index (κ2) is 6.35. The maximum atomic E-state index is 12.2. The molecular formula is C16H18N4O. The van der Waals surface area contributed by atoms with E-state index in [-0.39, 0.29) is 6.03 Å². The Bertz CT molecular complexity index is 588. The summed E-state index contributed by atoms with van der Waals surface area (Å²) in [4.78, 5) is 22.2. The summed E-state index contributed by atoms with van der Waals surface area (Å²) in [5.41, 5.74) is 1.28. The molecule has 1 atom stereocenters. The van der Waals surface area contributed by atoms with E-state index in [1.807, 2.05) is 41.6 Å². The van der Waals surface area contributed by atoms with E-state index in [0.29, 0.717) is 11.7 Å². The summed E-state index contributed by atoms with van der Waals surface area (Å²) in [6.07, 6.45) is 7.34. The first-order chi connectivity index (χ1) is 10.3. The number of rotatable bonds is 3. The maximum Gasteiger partial charge on any atom is 0.323 e. The molecule has 2 amide bonds.